The molecule has 140 valence electrons. The van der Waals surface area contributed by atoms with Gasteiger partial charge >= 0.3 is 6.09 Å². The maximum Gasteiger partial charge on any atom is 0.405 e. The molecule has 4 N–H and O–H groups in total. The lowest BCUT2D eigenvalue weighted by Gasteiger charge is -2.39. The van der Waals surface area contributed by atoms with Crippen LogP contribution in [0.1, 0.15) is 37.8 Å². The molecule has 26 heavy (non-hydrogen) atoms. The van der Waals surface area contributed by atoms with Gasteiger partial charge in [0.2, 0.25) is 17.6 Å². The summed E-state index contributed by atoms with van der Waals surface area (Å²) in [5.41, 5.74) is 7.52. The molecule has 1 aromatic heterocycles. The van der Waals surface area contributed by atoms with Crippen LogP contribution in [0.4, 0.5) is 10.5 Å². The Morgan fingerprint density at radius 2 is 2.19 bits per heavy atom. The fourth-order valence-electron chi connectivity index (χ4n) is 3.22. The lowest BCUT2D eigenvalue weighted by molar-refractivity contribution is -0.117. The minimum Gasteiger partial charge on any atom is -0.465 e. The first-order chi connectivity index (χ1) is 11.9. The Kier molecular flexibility index (Phi) is 5.83. The van der Waals surface area contributed by atoms with E-state index < -0.39 is 12.1 Å². The largest absolute Gasteiger partial charge is 0.465 e. The molecule has 1 aliphatic rings. The van der Waals surface area contributed by atoms with Crippen molar-refractivity contribution >= 4 is 30.1 Å². The molecule has 3 rings (SSSR count). The second-order valence-corrected chi connectivity index (χ2v) is 5.97. The topological polar surface area (TPSA) is 135 Å². The Labute approximate surface area is 156 Å². The fraction of sp³-hybridized carbons (Fsp3) is 0.375. The third-order valence-electron chi connectivity index (χ3n) is 4.22. The number of carbonyl (C=O) groups excluding carboxylic acids is 1. The summed E-state index contributed by atoms with van der Waals surface area (Å²) in [5.74, 6) is 0.581. The minimum atomic E-state index is -1.12. The summed E-state index contributed by atoms with van der Waals surface area (Å²) in [5, 5.41) is 15.5. The van der Waals surface area contributed by atoms with Gasteiger partial charge in [0, 0.05) is 24.2 Å². The molecule has 0 fully saturated rings. The van der Waals surface area contributed by atoms with Crippen molar-refractivity contribution < 1.29 is 19.2 Å². The molecule has 0 unspecified atom stereocenters. The smallest absolute Gasteiger partial charge is 0.405 e. The number of halogens is 1. The van der Waals surface area contributed by atoms with Crippen molar-refractivity contribution in [2.24, 2.45) is 5.73 Å². The zero-order valence-electron chi connectivity index (χ0n) is 14.3. The van der Waals surface area contributed by atoms with Crippen molar-refractivity contribution in [3.63, 3.8) is 0 Å². The van der Waals surface area contributed by atoms with Crippen molar-refractivity contribution in [3.8, 4) is 11.4 Å². The van der Waals surface area contributed by atoms with Crippen LogP contribution in [0.3, 0.4) is 0 Å². The first kappa shape index (κ1) is 19.7. The zero-order chi connectivity index (χ0) is 18.1. The highest BCUT2D eigenvalue weighted by Gasteiger charge is 2.33. The zero-order valence-corrected chi connectivity index (χ0v) is 15.1. The number of rotatable bonds is 3. The van der Waals surface area contributed by atoms with Crippen LogP contribution in [0.2, 0.25) is 0 Å². The SMILES string of the molecule is CC(=O)N1c2ccc(-c3noc(CN)n3)cc2[C@H](NC(=O)O)C[C@@H]1C.Cl. The molecule has 10 heteroatoms. The number of nitrogens with two attached hydrogens (primary N) is 1. The van der Waals surface area contributed by atoms with Crippen molar-refractivity contribution in [1.82, 2.24) is 15.5 Å². The van der Waals surface area contributed by atoms with Gasteiger partial charge < -0.3 is 25.6 Å². The van der Waals surface area contributed by atoms with E-state index in [0.29, 0.717) is 35.0 Å². The highest BCUT2D eigenvalue weighted by Crippen LogP contribution is 2.39. The van der Waals surface area contributed by atoms with Gasteiger partial charge in [-0.2, -0.15) is 4.98 Å². The lowest BCUT2D eigenvalue weighted by atomic mass is 9.90. The van der Waals surface area contributed by atoms with E-state index in [1.54, 1.807) is 23.1 Å². The van der Waals surface area contributed by atoms with Crippen molar-refractivity contribution in [1.29, 1.82) is 0 Å². The predicted molar refractivity (Wildman–Crippen MR) is 96.0 cm³/mol. The number of anilines is 1. The highest BCUT2D eigenvalue weighted by molar-refractivity contribution is 5.94. The van der Waals surface area contributed by atoms with Gasteiger partial charge in [0.1, 0.15) is 0 Å². The Bertz CT molecular complexity index is 825. The van der Waals surface area contributed by atoms with Gasteiger partial charge in [0.05, 0.1) is 12.6 Å². The van der Waals surface area contributed by atoms with Crippen LogP contribution in [0, 0.1) is 0 Å². The van der Waals surface area contributed by atoms with E-state index in [-0.39, 0.29) is 30.9 Å². The summed E-state index contributed by atoms with van der Waals surface area (Å²) < 4.78 is 5.02. The van der Waals surface area contributed by atoms with E-state index in [0.717, 1.165) is 0 Å². The summed E-state index contributed by atoms with van der Waals surface area (Å²) in [6, 6.07) is 4.77. The van der Waals surface area contributed by atoms with Crippen LogP contribution in [-0.4, -0.2) is 33.3 Å². The van der Waals surface area contributed by atoms with Crippen LogP contribution in [0.25, 0.3) is 11.4 Å². The molecule has 0 radical (unpaired) electrons. The van der Waals surface area contributed by atoms with E-state index in [2.05, 4.69) is 15.5 Å². The second-order valence-electron chi connectivity index (χ2n) is 5.97. The summed E-state index contributed by atoms with van der Waals surface area (Å²) in [4.78, 5) is 29.0. The van der Waals surface area contributed by atoms with Crippen LogP contribution < -0.4 is 16.0 Å². The lowest BCUT2D eigenvalue weighted by Crippen LogP contribution is -2.45. The van der Waals surface area contributed by atoms with Crippen LogP contribution >= 0.6 is 12.4 Å². The fourth-order valence-corrected chi connectivity index (χ4v) is 3.22. The van der Waals surface area contributed by atoms with Crippen molar-refractivity contribution in [2.75, 3.05) is 4.90 Å². The molecule has 9 nitrogen and oxygen atoms in total. The van der Waals surface area contributed by atoms with Crippen LogP contribution in [0.5, 0.6) is 0 Å². The van der Waals surface area contributed by atoms with E-state index in [1.807, 2.05) is 6.92 Å². The molecule has 2 heterocycles. The molecule has 0 aliphatic carbocycles. The molecular weight excluding hydrogens is 362 g/mol. The molecule has 2 aromatic rings. The minimum absolute atomic E-state index is 0. The normalized spacial score (nSPS) is 18.7. The molecule has 1 aromatic carbocycles. The first-order valence-electron chi connectivity index (χ1n) is 7.87. The number of carbonyl (C=O) groups is 2. The number of carboxylic acid groups (broad SMARTS) is 1. The van der Waals surface area contributed by atoms with Gasteiger partial charge in [0.15, 0.2) is 0 Å². The Morgan fingerprint density at radius 3 is 2.77 bits per heavy atom. The van der Waals surface area contributed by atoms with Crippen LogP contribution in [-0.2, 0) is 11.3 Å². The van der Waals surface area contributed by atoms with Crippen molar-refractivity contribution in [3.05, 3.63) is 29.7 Å². The number of benzene rings is 1. The summed E-state index contributed by atoms with van der Waals surface area (Å²) >= 11 is 0. The monoisotopic (exact) mass is 381 g/mol. The number of aromatic nitrogens is 2. The quantitative estimate of drug-likeness (QED) is 0.740. The van der Waals surface area contributed by atoms with Gasteiger partial charge in [0.25, 0.3) is 0 Å². The average molecular weight is 382 g/mol. The summed E-state index contributed by atoms with van der Waals surface area (Å²) in [6.45, 7) is 3.52. The maximum absolute atomic E-state index is 12.0. The Hall–Kier alpha value is -2.65. The molecule has 0 saturated carbocycles. The molecule has 1 aliphatic heterocycles. The number of nitrogens with zero attached hydrogens (tertiary/aromatic N) is 3. The van der Waals surface area contributed by atoms with Crippen molar-refractivity contribution in [2.45, 2.75) is 38.9 Å². The molecular formula is C16H20ClN5O4. The van der Waals surface area contributed by atoms with Gasteiger partial charge in [-0.25, -0.2) is 4.79 Å². The first-order valence-corrected chi connectivity index (χ1v) is 7.87. The van der Waals surface area contributed by atoms with E-state index in [1.165, 1.54) is 6.92 Å². The van der Waals surface area contributed by atoms with E-state index >= 15 is 0 Å². The van der Waals surface area contributed by atoms with Gasteiger partial charge in [-0.15, -0.1) is 12.4 Å². The molecule has 0 saturated heterocycles. The Morgan fingerprint density at radius 1 is 1.46 bits per heavy atom. The van der Waals surface area contributed by atoms with E-state index in [9.17, 15) is 9.59 Å². The molecule has 0 bridgehead atoms. The second kappa shape index (κ2) is 7.71. The Balaban J connectivity index is 0.00000243. The van der Waals surface area contributed by atoms with Gasteiger partial charge in [-0.1, -0.05) is 5.16 Å². The van der Waals surface area contributed by atoms with Gasteiger partial charge in [-0.3, -0.25) is 4.79 Å². The number of hydrogen-bond acceptors (Lipinski definition) is 6. The summed E-state index contributed by atoms with van der Waals surface area (Å²) in [7, 11) is 0. The standard InChI is InChI=1S/C16H19N5O4.ClH/c1-8-5-12(18-16(23)24)11-6-10(15-19-14(7-17)25-20-15)3-4-13(11)21(8)9(2)22;/h3-4,6,8,12,18H,5,7,17H2,1-2H3,(H,23,24);1H/t8-,12+;/m0./s1. The molecule has 2 atom stereocenters. The number of nitrogens with one attached hydrogen (secondary N) is 1. The highest BCUT2D eigenvalue weighted by atomic mass is 35.5. The van der Waals surface area contributed by atoms with Crippen LogP contribution in [0.15, 0.2) is 22.7 Å². The predicted octanol–water partition coefficient (Wildman–Crippen LogP) is 2.07. The molecule has 2 amide bonds. The van der Waals surface area contributed by atoms with Gasteiger partial charge in [-0.05, 0) is 37.1 Å². The maximum atomic E-state index is 12.0. The number of fused-ring (bicyclic) bond motifs is 1. The van der Waals surface area contributed by atoms with E-state index in [4.69, 9.17) is 15.4 Å². The third-order valence-corrected chi connectivity index (χ3v) is 4.22. The number of amides is 2. The molecule has 0 spiro atoms. The number of hydrogen-bond donors (Lipinski definition) is 3. The summed E-state index contributed by atoms with van der Waals surface area (Å²) in [6.07, 6.45) is -0.641. The third kappa shape index (κ3) is 3.63. The average Bonchev–Trinajstić information content (AvgIpc) is 3.02.